The number of fused-ring (bicyclic) bond motifs is 1. The van der Waals surface area contributed by atoms with E-state index < -0.39 is 9.84 Å². The molecule has 0 atom stereocenters. The Balaban J connectivity index is 1.86. The molecule has 0 aliphatic heterocycles. The molecule has 1 heterocycles. The van der Waals surface area contributed by atoms with E-state index in [2.05, 4.69) is 15.6 Å². The molecule has 8 heteroatoms. The summed E-state index contributed by atoms with van der Waals surface area (Å²) in [6.45, 7) is 6.34. The van der Waals surface area contributed by atoms with Crippen molar-refractivity contribution in [1.82, 2.24) is 10.6 Å². The molecule has 0 fully saturated rings. The fraction of sp³-hybridized carbons (Fsp3) is 0.500. The van der Waals surface area contributed by atoms with E-state index in [0.717, 1.165) is 28.8 Å². The summed E-state index contributed by atoms with van der Waals surface area (Å²) < 4.78 is 33.3. The average molecular weight is 381 g/mol. The number of rotatable bonds is 9. The van der Waals surface area contributed by atoms with Crippen LogP contribution < -0.4 is 10.6 Å². The van der Waals surface area contributed by atoms with Crippen molar-refractivity contribution >= 4 is 26.8 Å². The van der Waals surface area contributed by atoms with Crippen LogP contribution in [0.15, 0.2) is 33.7 Å². The van der Waals surface area contributed by atoms with E-state index in [-0.39, 0.29) is 12.4 Å². The first-order valence-corrected chi connectivity index (χ1v) is 10.7. The summed E-state index contributed by atoms with van der Waals surface area (Å²) in [7, 11) is -2.98. The van der Waals surface area contributed by atoms with Gasteiger partial charge >= 0.3 is 0 Å². The summed E-state index contributed by atoms with van der Waals surface area (Å²) in [5.74, 6) is 1.54. The topological polar surface area (TPSA) is 92.9 Å². The van der Waals surface area contributed by atoms with Crippen LogP contribution in [0.5, 0.6) is 0 Å². The van der Waals surface area contributed by atoms with E-state index in [9.17, 15) is 8.42 Å². The van der Waals surface area contributed by atoms with Crippen molar-refractivity contribution in [1.29, 1.82) is 0 Å². The molecule has 144 valence electrons. The van der Waals surface area contributed by atoms with Crippen molar-refractivity contribution in [3.8, 4) is 0 Å². The second-order valence-corrected chi connectivity index (χ2v) is 8.27. The Bertz CT molecular complexity index is 843. The number of aryl methyl sites for hydroxylation is 1. The number of para-hydroxylation sites is 1. The summed E-state index contributed by atoms with van der Waals surface area (Å²) in [5.41, 5.74) is 1.97. The minimum absolute atomic E-state index is 0.0342. The van der Waals surface area contributed by atoms with Crippen molar-refractivity contribution in [2.45, 2.75) is 20.4 Å². The molecule has 0 saturated carbocycles. The highest BCUT2D eigenvalue weighted by molar-refractivity contribution is 7.90. The quantitative estimate of drug-likeness (QED) is 0.391. The number of benzene rings is 1. The number of nitrogens with zero attached hydrogens (tertiary/aromatic N) is 1. The molecule has 0 aliphatic rings. The fourth-order valence-corrected chi connectivity index (χ4v) is 2.84. The van der Waals surface area contributed by atoms with Crippen LogP contribution >= 0.6 is 0 Å². The Hall–Kier alpha value is -2.06. The van der Waals surface area contributed by atoms with Gasteiger partial charge in [0.2, 0.25) is 0 Å². The van der Waals surface area contributed by atoms with E-state index in [1.807, 2.05) is 38.1 Å². The predicted octanol–water partition coefficient (Wildman–Crippen LogP) is 1.86. The molecular formula is C18H27N3O4S. The van der Waals surface area contributed by atoms with Crippen LogP contribution in [0.2, 0.25) is 0 Å². The van der Waals surface area contributed by atoms with Gasteiger partial charge in [0.05, 0.1) is 19.0 Å². The Morgan fingerprint density at radius 1 is 1.23 bits per heavy atom. The molecule has 26 heavy (non-hydrogen) atoms. The lowest BCUT2D eigenvalue weighted by Gasteiger charge is -2.11. The van der Waals surface area contributed by atoms with Crippen molar-refractivity contribution in [2.24, 2.45) is 4.99 Å². The van der Waals surface area contributed by atoms with Gasteiger partial charge in [0.15, 0.2) is 5.96 Å². The molecule has 2 N–H and O–H groups in total. The van der Waals surface area contributed by atoms with E-state index in [1.54, 1.807) is 0 Å². The van der Waals surface area contributed by atoms with Gasteiger partial charge in [0.25, 0.3) is 0 Å². The maximum Gasteiger partial charge on any atom is 0.191 e. The highest BCUT2D eigenvalue weighted by atomic mass is 32.2. The van der Waals surface area contributed by atoms with Gasteiger partial charge in [-0.1, -0.05) is 18.2 Å². The first kappa shape index (κ1) is 20.3. The van der Waals surface area contributed by atoms with Crippen LogP contribution in [0, 0.1) is 6.92 Å². The van der Waals surface area contributed by atoms with Crippen LogP contribution in [0.3, 0.4) is 0 Å². The van der Waals surface area contributed by atoms with Gasteiger partial charge in [-0.2, -0.15) is 0 Å². The van der Waals surface area contributed by atoms with Crippen LogP contribution in [0.1, 0.15) is 18.2 Å². The lowest BCUT2D eigenvalue weighted by Crippen LogP contribution is -2.39. The standard InChI is InChI=1S/C18H27N3O4S/c1-4-19-18(20-9-10-24-11-12-26(3,22)23)21-13-17-14(2)15-7-5-6-8-16(15)25-17/h5-8H,4,9-13H2,1-3H3,(H2,19,20,21). The lowest BCUT2D eigenvalue weighted by molar-refractivity contribution is 0.154. The van der Waals surface area contributed by atoms with Crippen molar-refractivity contribution in [3.05, 3.63) is 35.6 Å². The van der Waals surface area contributed by atoms with Crippen molar-refractivity contribution in [3.63, 3.8) is 0 Å². The average Bonchev–Trinajstić information content (AvgIpc) is 2.91. The first-order valence-electron chi connectivity index (χ1n) is 8.65. The predicted molar refractivity (Wildman–Crippen MR) is 104 cm³/mol. The largest absolute Gasteiger partial charge is 0.459 e. The van der Waals surface area contributed by atoms with Crippen LogP contribution in [-0.4, -0.2) is 52.7 Å². The molecule has 0 amide bonds. The third-order valence-electron chi connectivity index (χ3n) is 3.80. The second kappa shape index (κ2) is 9.59. The molecule has 2 rings (SSSR count). The Morgan fingerprint density at radius 2 is 2.00 bits per heavy atom. The number of nitrogens with one attached hydrogen (secondary N) is 2. The molecule has 0 bridgehead atoms. The Labute approximate surface area is 154 Å². The number of hydrogen-bond acceptors (Lipinski definition) is 5. The van der Waals surface area contributed by atoms with Crippen LogP contribution in [0.4, 0.5) is 0 Å². The second-order valence-electron chi connectivity index (χ2n) is 6.01. The summed E-state index contributed by atoms with van der Waals surface area (Å²) >= 11 is 0. The van der Waals surface area contributed by atoms with Gasteiger partial charge in [-0.3, -0.25) is 0 Å². The summed E-state index contributed by atoms with van der Waals surface area (Å²) in [6.07, 6.45) is 1.20. The highest BCUT2D eigenvalue weighted by Crippen LogP contribution is 2.25. The van der Waals surface area contributed by atoms with Gasteiger partial charge < -0.3 is 19.8 Å². The normalized spacial score (nSPS) is 12.5. The number of sulfone groups is 1. The zero-order valence-electron chi connectivity index (χ0n) is 15.5. The lowest BCUT2D eigenvalue weighted by atomic mass is 10.1. The minimum Gasteiger partial charge on any atom is -0.459 e. The van der Waals surface area contributed by atoms with Gasteiger partial charge in [0, 0.05) is 30.3 Å². The number of ether oxygens (including phenoxy) is 1. The monoisotopic (exact) mass is 381 g/mol. The maximum absolute atomic E-state index is 11.0. The van der Waals surface area contributed by atoms with Crippen LogP contribution in [0.25, 0.3) is 11.0 Å². The fourth-order valence-electron chi connectivity index (χ4n) is 2.42. The van der Waals surface area contributed by atoms with Crippen molar-refractivity contribution in [2.75, 3.05) is 38.3 Å². The molecule has 0 radical (unpaired) electrons. The third kappa shape index (κ3) is 6.34. The van der Waals surface area contributed by atoms with Gasteiger partial charge in [0.1, 0.15) is 27.7 Å². The third-order valence-corrected chi connectivity index (χ3v) is 4.71. The smallest absolute Gasteiger partial charge is 0.191 e. The number of guanidine groups is 1. The number of aliphatic imine (C=N–C) groups is 1. The number of hydrogen-bond donors (Lipinski definition) is 2. The van der Waals surface area contributed by atoms with E-state index in [1.165, 1.54) is 6.26 Å². The molecule has 1 aromatic carbocycles. The zero-order valence-corrected chi connectivity index (χ0v) is 16.4. The van der Waals surface area contributed by atoms with E-state index >= 15 is 0 Å². The number of furan rings is 1. The molecule has 7 nitrogen and oxygen atoms in total. The maximum atomic E-state index is 11.0. The molecular weight excluding hydrogens is 354 g/mol. The Kier molecular flexibility index (Phi) is 7.47. The zero-order chi connectivity index (χ0) is 19.0. The molecule has 2 aromatic rings. The molecule has 0 spiro atoms. The Morgan fingerprint density at radius 3 is 2.69 bits per heavy atom. The van der Waals surface area contributed by atoms with Crippen LogP contribution in [-0.2, 0) is 21.1 Å². The SMILES string of the molecule is CCNC(=NCc1oc2ccccc2c1C)NCCOCCS(C)(=O)=O. The summed E-state index contributed by atoms with van der Waals surface area (Å²) in [6, 6.07) is 7.94. The molecule has 0 unspecified atom stereocenters. The van der Waals surface area contributed by atoms with E-state index in [0.29, 0.717) is 25.7 Å². The highest BCUT2D eigenvalue weighted by Gasteiger charge is 2.09. The van der Waals surface area contributed by atoms with Crippen molar-refractivity contribution < 1.29 is 17.6 Å². The molecule has 0 saturated heterocycles. The minimum atomic E-state index is -2.98. The summed E-state index contributed by atoms with van der Waals surface area (Å²) in [5, 5.41) is 7.44. The summed E-state index contributed by atoms with van der Waals surface area (Å²) in [4.78, 5) is 4.55. The van der Waals surface area contributed by atoms with E-state index in [4.69, 9.17) is 9.15 Å². The molecule has 0 aliphatic carbocycles. The first-order chi connectivity index (χ1) is 12.4. The van der Waals surface area contributed by atoms with Gasteiger partial charge in [-0.05, 0) is 19.9 Å². The van der Waals surface area contributed by atoms with Gasteiger partial charge in [-0.25, -0.2) is 13.4 Å². The molecule has 1 aromatic heterocycles. The van der Waals surface area contributed by atoms with Gasteiger partial charge in [-0.15, -0.1) is 0 Å².